The first-order chi connectivity index (χ1) is 14.1. The lowest BCUT2D eigenvalue weighted by Gasteiger charge is -2.14. The lowest BCUT2D eigenvalue weighted by molar-refractivity contribution is 0.102. The number of hydrogen-bond donors (Lipinski definition) is 2. The first kappa shape index (κ1) is 19.9. The number of carbonyl (C=O) groups excluding carboxylic acids is 1. The van der Waals surface area contributed by atoms with Gasteiger partial charge in [0.2, 0.25) is 5.75 Å². The van der Waals surface area contributed by atoms with E-state index in [0.717, 1.165) is 5.56 Å². The van der Waals surface area contributed by atoms with Gasteiger partial charge < -0.3 is 24.8 Å². The van der Waals surface area contributed by atoms with Crippen molar-refractivity contribution in [2.45, 2.75) is 6.54 Å². The molecule has 0 fully saturated rings. The number of amides is 1. The quantitative estimate of drug-likeness (QED) is 0.600. The molecule has 29 heavy (non-hydrogen) atoms. The number of nitrogens with one attached hydrogen (secondary N) is 2. The number of anilines is 2. The molecule has 0 aliphatic heterocycles. The summed E-state index contributed by atoms with van der Waals surface area (Å²) in [5, 5.41) is 5.92. The Bertz CT molecular complexity index is 957. The third-order valence-electron chi connectivity index (χ3n) is 4.02. The molecule has 3 aromatic rings. The molecule has 0 aliphatic carbocycles. The van der Waals surface area contributed by atoms with E-state index >= 15 is 0 Å². The third-order valence-corrected chi connectivity index (χ3v) is 4.02. The molecule has 3 rings (SSSR count). The number of ether oxygens (including phenoxy) is 3. The van der Waals surface area contributed by atoms with Crippen molar-refractivity contribution in [2.24, 2.45) is 0 Å². The number of nitrogens with zero attached hydrogens (tertiary/aromatic N) is 3. The van der Waals surface area contributed by atoms with Crippen LogP contribution in [0.15, 0.2) is 49.1 Å². The average Bonchev–Trinajstić information content (AvgIpc) is 2.77. The van der Waals surface area contributed by atoms with E-state index in [2.05, 4.69) is 25.6 Å². The number of hydrogen-bond acceptors (Lipinski definition) is 8. The van der Waals surface area contributed by atoms with Gasteiger partial charge in [0.1, 0.15) is 17.8 Å². The van der Waals surface area contributed by atoms with Crippen LogP contribution in [0.1, 0.15) is 16.1 Å². The number of carbonyl (C=O) groups is 1. The van der Waals surface area contributed by atoms with Gasteiger partial charge in [-0.25, -0.2) is 9.97 Å². The molecule has 0 radical (unpaired) electrons. The minimum atomic E-state index is -0.397. The Morgan fingerprint density at radius 1 is 1.03 bits per heavy atom. The fourth-order valence-electron chi connectivity index (χ4n) is 2.62. The van der Waals surface area contributed by atoms with Gasteiger partial charge in [-0.1, -0.05) is 6.07 Å². The molecule has 0 bridgehead atoms. The SMILES string of the molecule is COc1cc(NC(=O)c2cc(NCc3cccnc3)ncn2)cc(OC)c1OC. The van der Waals surface area contributed by atoms with Crippen molar-refractivity contribution in [3.05, 3.63) is 60.3 Å². The zero-order chi connectivity index (χ0) is 20.6. The Hall–Kier alpha value is -3.88. The number of methoxy groups -OCH3 is 3. The maximum atomic E-state index is 12.6. The standard InChI is InChI=1S/C20H21N5O4/c1-27-16-7-14(8-17(28-2)19(16)29-3)25-20(26)15-9-18(24-12-23-15)22-11-13-5-4-6-21-10-13/h4-10,12H,11H2,1-3H3,(H,25,26)(H,22,23,24). The van der Waals surface area contributed by atoms with Crippen molar-refractivity contribution in [3.8, 4) is 17.2 Å². The van der Waals surface area contributed by atoms with Crippen LogP contribution in [-0.4, -0.2) is 42.2 Å². The molecule has 1 amide bonds. The summed E-state index contributed by atoms with van der Waals surface area (Å²) in [5.41, 5.74) is 1.69. The van der Waals surface area contributed by atoms with Gasteiger partial charge in [-0.15, -0.1) is 0 Å². The lowest BCUT2D eigenvalue weighted by Crippen LogP contribution is -2.15. The molecule has 150 valence electrons. The highest BCUT2D eigenvalue weighted by Crippen LogP contribution is 2.40. The second kappa shape index (κ2) is 9.36. The van der Waals surface area contributed by atoms with E-state index in [1.165, 1.54) is 27.7 Å². The van der Waals surface area contributed by atoms with Crippen LogP contribution in [0.5, 0.6) is 17.2 Å². The molecule has 9 heteroatoms. The predicted molar refractivity (Wildman–Crippen MR) is 108 cm³/mol. The fourth-order valence-corrected chi connectivity index (χ4v) is 2.62. The highest BCUT2D eigenvalue weighted by Gasteiger charge is 2.16. The zero-order valence-electron chi connectivity index (χ0n) is 16.3. The number of benzene rings is 1. The van der Waals surface area contributed by atoms with E-state index < -0.39 is 5.91 Å². The first-order valence-electron chi connectivity index (χ1n) is 8.70. The van der Waals surface area contributed by atoms with Gasteiger partial charge in [-0.2, -0.15) is 0 Å². The van der Waals surface area contributed by atoms with Gasteiger partial charge in [0.15, 0.2) is 11.5 Å². The molecule has 0 saturated heterocycles. The minimum absolute atomic E-state index is 0.211. The summed E-state index contributed by atoms with van der Waals surface area (Å²) in [6.45, 7) is 0.527. The van der Waals surface area contributed by atoms with Crippen LogP contribution in [0.3, 0.4) is 0 Å². The largest absolute Gasteiger partial charge is 0.493 e. The summed E-state index contributed by atoms with van der Waals surface area (Å²) in [6, 6.07) is 8.65. The molecule has 0 atom stereocenters. The molecule has 0 aliphatic rings. The molecule has 0 saturated carbocycles. The molecular weight excluding hydrogens is 374 g/mol. The van der Waals surface area contributed by atoms with Crippen LogP contribution in [0.2, 0.25) is 0 Å². The number of rotatable bonds is 8. The molecule has 0 spiro atoms. The smallest absolute Gasteiger partial charge is 0.274 e. The topological polar surface area (TPSA) is 107 Å². The maximum Gasteiger partial charge on any atom is 0.274 e. The van der Waals surface area contributed by atoms with Crippen LogP contribution in [0.25, 0.3) is 0 Å². The maximum absolute atomic E-state index is 12.6. The van der Waals surface area contributed by atoms with Gasteiger partial charge >= 0.3 is 0 Å². The highest BCUT2D eigenvalue weighted by atomic mass is 16.5. The second-order valence-corrected chi connectivity index (χ2v) is 5.87. The minimum Gasteiger partial charge on any atom is -0.493 e. The highest BCUT2D eigenvalue weighted by molar-refractivity contribution is 6.03. The van der Waals surface area contributed by atoms with Gasteiger partial charge in [0.05, 0.1) is 21.3 Å². The number of aromatic nitrogens is 3. The zero-order valence-corrected chi connectivity index (χ0v) is 16.3. The van der Waals surface area contributed by atoms with E-state index in [0.29, 0.717) is 35.3 Å². The van der Waals surface area contributed by atoms with E-state index in [1.807, 2.05) is 12.1 Å². The van der Waals surface area contributed by atoms with Crippen molar-refractivity contribution >= 4 is 17.4 Å². The molecule has 2 heterocycles. The van der Waals surface area contributed by atoms with Gasteiger partial charge in [0, 0.05) is 42.8 Å². The fraction of sp³-hybridized carbons (Fsp3) is 0.200. The summed E-state index contributed by atoms with van der Waals surface area (Å²) in [6.07, 6.45) is 4.79. The summed E-state index contributed by atoms with van der Waals surface area (Å²) in [5.74, 6) is 1.44. The van der Waals surface area contributed by atoms with Crippen LogP contribution in [0, 0.1) is 0 Å². The molecule has 2 aromatic heterocycles. The van der Waals surface area contributed by atoms with E-state index in [-0.39, 0.29) is 5.69 Å². The number of pyridine rings is 1. The van der Waals surface area contributed by atoms with Crippen molar-refractivity contribution in [1.82, 2.24) is 15.0 Å². The molecule has 1 aromatic carbocycles. The summed E-state index contributed by atoms with van der Waals surface area (Å²) in [4.78, 5) is 24.9. The Morgan fingerprint density at radius 3 is 2.41 bits per heavy atom. The van der Waals surface area contributed by atoms with Crippen molar-refractivity contribution in [3.63, 3.8) is 0 Å². The van der Waals surface area contributed by atoms with Crippen LogP contribution < -0.4 is 24.8 Å². The van der Waals surface area contributed by atoms with Crippen molar-refractivity contribution in [2.75, 3.05) is 32.0 Å². The van der Waals surface area contributed by atoms with Gasteiger partial charge in [-0.3, -0.25) is 9.78 Å². The lowest BCUT2D eigenvalue weighted by atomic mass is 10.2. The molecule has 2 N–H and O–H groups in total. The first-order valence-corrected chi connectivity index (χ1v) is 8.70. The second-order valence-electron chi connectivity index (χ2n) is 5.87. The van der Waals surface area contributed by atoms with Crippen LogP contribution in [0.4, 0.5) is 11.5 Å². The van der Waals surface area contributed by atoms with Crippen LogP contribution in [-0.2, 0) is 6.54 Å². The van der Waals surface area contributed by atoms with Gasteiger partial charge in [0.25, 0.3) is 5.91 Å². The van der Waals surface area contributed by atoms with Gasteiger partial charge in [-0.05, 0) is 11.6 Å². The summed E-state index contributed by atoms with van der Waals surface area (Å²) in [7, 11) is 4.53. The predicted octanol–water partition coefficient (Wildman–Crippen LogP) is 2.76. The summed E-state index contributed by atoms with van der Waals surface area (Å²) >= 11 is 0. The Morgan fingerprint density at radius 2 is 1.79 bits per heavy atom. The van der Waals surface area contributed by atoms with Crippen molar-refractivity contribution in [1.29, 1.82) is 0 Å². The molecule has 0 unspecified atom stereocenters. The average molecular weight is 395 g/mol. The van der Waals surface area contributed by atoms with E-state index in [9.17, 15) is 4.79 Å². The monoisotopic (exact) mass is 395 g/mol. The van der Waals surface area contributed by atoms with E-state index in [1.54, 1.807) is 30.6 Å². The van der Waals surface area contributed by atoms with Crippen molar-refractivity contribution < 1.29 is 19.0 Å². The molecular formula is C20H21N5O4. The summed E-state index contributed by atoms with van der Waals surface area (Å²) < 4.78 is 15.9. The Kier molecular flexibility index (Phi) is 6.41. The molecule has 9 nitrogen and oxygen atoms in total. The van der Waals surface area contributed by atoms with E-state index in [4.69, 9.17) is 14.2 Å². The normalized spacial score (nSPS) is 10.2. The third kappa shape index (κ3) is 4.89. The van der Waals surface area contributed by atoms with Crippen LogP contribution >= 0.6 is 0 Å². The Labute approximate surface area is 168 Å². The Balaban J connectivity index is 1.74.